The van der Waals surface area contributed by atoms with Crippen LogP contribution >= 0.6 is 11.3 Å². The van der Waals surface area contributed by atoms with Crippen LogP contribution in [0.1, 0.15) is 58.5 Å². The van der Waals surface area contributed by atoms with Crippen molar-refractivity contribution in [3.05, 3.63) is 92.2 Å². The van der Waals surface area contributed by atoms with Crippen molar-refractivity contribution < 1.29 is 19.4 Å². The summed E-state index contributed by atoms with van der Waals surface area (Å²) < 4.78 is 5.54. The molecule has 176 valence electrons. The first-order valence-corrected chi connectivity index (χ1v) is 12.2. The van der Waals surface area contributed by atoms with Crippen LogP contribution in [0.15, 0.2) is 59.5 Å². The van der Waals surface area contributed by atoms with Gasteiger partial charge in [-0.25, -0.2) is 0 Å². The Hall–Kier alpha value is -3.38. The number of carbonyl (C=O) groups excluding carboxylic acids is 2. The van der Waals surface area contributed by atoms with Crippen molar-refractivity contribution in [2.75, 3.05) is 7.11 Å². The Labute approximate surface area is 204 Å². The van der Waals surface area contributed by atoms with Gasteiger partial charge in [0.25, 0.3) is 11.7 Å². The molecule has 1 aliphatic rings. The molecule has 1 atom stereocenters. The summed E-state index contributed by atoms with van der Waals surface area (Å²) in [6, 6.07) is 14.6. The van der Waals surface area contributed by atoms with E-state index in [9.17, 15) is 14.7 Å². The van der Waals surface area contributed by atoms with Crippen LogP contribution in [0.3, 0.4) is 0 Å². The lowest BCUT2D eigenvalue weighted by molar-refractivity contribution is -0.140. The quantitative estimate of drug-likeness (QED) is 0.265. The molecular weight excluding hydrogens is 446 g/mol. The molecule has 0 aliphatic carbocycles. The van der Waals surface area contributed by atoms with Gasteiger partial charge in [-0.15, -0.1) is 11.3 Å². The van der Waals surface area contributed by atoms with Gasteiger partial charge in [-0.3, -0.25) is 9.59 Å². The summed E-state index contributed by atoms with van der Waals surface area (Å²) in [4.78, 5) is 29.2. The van der Waals surface area contributed by atoms with Crippen LogP contribution in [-0.2, 0) is 16.1 Å². The van der Waals surface area contributed by atoms with Crippen LogP contribution in [0.5, 0.6) is 5.75 Å². The van der Waals surface area contributed by atoms with E-state index in [1.807, 2.05) is 81.6 Å². The molecule has 1 amide bonds. The van der Waals surface area contributed by atoms with Gasteiger partial charge in [0, 0.05) is 10.4 Å². The van der Waals surface area contributed by atoms with Crippen molar-refractivity contribution in [3.8, 4) is 5.75 Å². The number of hydrogen-bond acceptors (Lipinski definition) is 5. The van der Waals surface area contributed by atoms with E-state index >= 15 is 0 Å². The number of aryl methyl sites for hydroxylation is 2. The van der Waals surface area contributed by atoms with Gasteiger partial charge in [0.1, 0.15) is 11.5 Å². The number of aliphatic hydroxyl groups is 1. The van der Waals surface area contributed by atoms with Crippen molar-refractivity contribution in [3.63, 3.8) is 0 Å². The zero-order valence-corrected chi connectivity index (χ0v) is 20.9. The highest BCUT2D eigenvalue weighted by Crippen LogP contribution is 2.43. The summed E-state index contributed by atoms with van der Waals surface area (Å²) in [5, 5.41) is 13.5. The number of ether oxygens (including phenoxy) is 1. The lowest BCUT2D eigenvalue weighted by Gasteiger charge is -2.26. The van der Waals surface area contributed by atoms with Gasteiger partial charge in [-0.1, -0.05) is 44.2 Å². The maximum atomic E-state index is 13.4. The molecule has 1 unspecified atom stereocenters. The molecule has 2 heterocycles. The Morgan fingerprint density at radius 2 is 1.82 bits per heavy atom. The van der Waals surface area contributed by atoms with Crippen molar-refractivity contribution >= 4 is 28.8 Å². The number of hydrogen-bond donors (Lipinski definition) is 1. The van der Waals surface area contributed by atoms with Crippen LogP contribution in [0, 0.1) is 13.8 Å². The minimum atomic E-state index is -0.674. The molecule has 5 nitrogen and oxygen atoms in total. The standard InChI is InChI=1S/C28H29NO4S/c1-16(2)21-14-22(18(4)13-23(21)33-5)26(30)24-25(20-11-7-6-9-17(20)3)29(28(32)27(24)31)15-19-10-8-12-34-19/h6-14,16,25,30H,15H2,1-5H3/b26-24+. The SMILES string of the molecule is COc1cc(C)c(/C(O)=C2\C(=O)C(=O)N(Cc3cccs3)C2c2ccccc2C)cc1C(C)C. The molecule has 0 bridgehead atoms. The summed E-state index contributed by atoms with van der Waals surface area (Å²) in [6.45, 7) is 8.22. The minimum Gasteiger partial charge on any atom is -0.507 e. The highest BCUT2D eigenvalue weighted by atomic mass is 32.1. The Morgan fingerprint density at radius 3 is 2.44 bits per heavy atom. The number of benzene rings is 2. The van der Waals surface area contributed by atoms with E-state index in [0.717, 1.165) is 32.9 Å². The number of likely N-dealkylation sites (tertiary alicyclic amines) is 1. The van der Waals surface area contributed by atoms with E-state index in [0.29, 0.717) is 12.1 Å². The Kier molecular flexibility index (Phi) is 6.62. The third-order valence-corrected chi connectivity index (χ3v) is 7.24. The largest absolute Gasteiger partial charge is 0.507 e. The smallest absolute Gasteiger partial charge is 0.295 e. The number of ketones is 1. The third-order valence-electron chi connectivity index (χ3n) is 6.38. The van der Waals surface area contributed by atoms with Gasteiger partial charge in [0.2, 0.25) is 0 Å². The van der Waals surface area contributed by atoms with Crippen LogP contribution in [-0.4, -0.2) is 28.8 Å². The number of carbonyl (C=O) groups is 2. The number of aliphatic hydroxyl groups excluding tert-OH is 1. The molecule has 0 saturated carbocycles. The molecule has 2 aromatic carbocycles. The van der Waals surface area contributed by atoms with Crippen molar-refractivity contribution in [2.24, 2.45) is 0 Å². The monoisotopic (exact) mass is 475 g/mol. The molecular formula is C28H29NO4S. The lowest BCUT2D eigenvalue weighted by Crippen LogP contribution is -2.29. The van der Waals surface area contributed by atoms with E-state index in [2.05, 4.69) is 0 Å². The third kappa shape index (κ3) is 4.14. The maximum absolute atomic E-state index is 13.4. The maximum Gasteiger partial charge on any atom is 0.295 e. The molecule has 3 aromatic rings. The molecule has 0 radical (unpaired) electrons. The zero-order chi connectivity index (χ0) is 24.6. The molecule has 1 aliphatic heterocycles. The molecule has 1 saturated heterocycles. The number of amides is 1. The molecule has 0 spiro atoms. The van der Waals surface area contributed by atoms with E-state index in [1.165, 1.54) is 11.3 Å². The molecule has 1 N–H and O–H groups in total. The second kappa shape index (κ2) is 9.47. The van der Waals surface area contributed by atoms with Gasteiger partial charge in [0.15, 0.2) is 0 Å². The lowest BCUT2D eigenvalue weighted by atomic mass is 9.90. The zero-order valence-electron chi connectivity index (χ0n) is 20.1. The van der Waals surface area contributed by atoms with Gasteiger partial charge in [-0.05, 0) is 65.6 Å². The summed E-state index contributed by atoms with van der Waals surface area (Å²) in [5.74, 6) is -0.530. The van der Waals surface area contributed by atoms with Crippen LogP contribution in [0.4, 0.5) is 0 Å². The van der Waals surface area contributed by atoms with E-state index < -0.39 is 17.7 Å². The molecule has 1 aromatic heterocycles. The van der Waals surface area contributed by atoms with Gasteiger partial charge in [0.05, 0.1) is 25.3 Å². The van der Waals surface area contributed by atoms with E-state index in [4.69, 9.17) is 4.74 Å². The summed E-state index contributed by atoms with van der Waals surface area (Å²) >= 11 is 1.53. The van der Waals surface area contributed by atoms with E-state index in [-0.39, 0.29) is 17.3 Å². The number of nitrogens with zero attached hydrogens (tertiary/aromatic N) is 1. The van der Waals surface area contributed by atoms with Crippen LogP contribution in [0.25, 0.3) is 5.76 Å². The first-order chi connectivity index (χ1) is 16.2. The predicted octanol–water partition coefficient (Wildman–Crippen LogP) is 6.12. The highest BCUT2D eigenvalue weighted by Gasteiger charge is 2.46. The average molecular weight is 476 g/mol. The normalized spacial score (nSPS) is 17.6. The van der Waals surface area contributed by atoms with Crippen LogP contribution < -0.4 is 4.74 Å². The van der Waals surface area contributed by atoms with Crippen molar-refractivity contribution in [2.45, 2.75) is 46.2 Å². The summed E-state index contributed by atoms with van der Waals surface area (Å²) in [5.41, 5.74) is 4.14. The fraction of sp³-hybridized carbons (Fsp3) is 0.286. The van der Waals surface area contributed by atoms with Gasteiger partial charge < -0.3 is 14.7 Å². The Morgan fingerprint density at radius 1 is 1.09 bits per heavy atom. The average Bonchev–Trinajstić information content (AvgIpc) is 3.41. The Balaban J connectivity index is 1.94. The number of Topliss-reactive ketones (excluding diaryl/α,β-unsaturated/α-hetero) is 1. The van der Waals surface area contributed by atoms with Crippen molar-refractivity contribution in [1.82, 2.24) is 4.90 Å². The molecule has 34 heavy (non-hydrogen) atoms. The summed E-state index contributed by atoms with van der Waals surface area (Å²) in [7, 11) is 1.62. The number of methoxy groups -OCH3 is 1. The number of thiophene rings is 1. The fourth-order valence-electron chi connectivity index (χ4n) is 4.56. The van der Waals surface area contributed by atoms with Gasteiger partial charge >= 0.3 is 0 Å². The van der Waals surface area contributed by atoms with Crippen molar-refractivity contribution in [1.29, 1.82) is 0 Å². The molecule has 4 rings (SSSR count). The fourth-order valence-corrected chi connectivity index (χ4v) is 5.26. The summed E-state index contributed by atoms with van der Waals surface area (Å²) in [6.07, 6.45) is 0. The van der Waals surface area contributed by atoms with Gasteiger partial charge in [-0.2, -0.15) is 0 Å². The highest BCUT2D eigenvalue weighted by molar-refractivity contribution is 7.09. The first-order valence-electron chi connectivity index (χ1n) is 11.3. The van der Waals surface area contributed by atoms with Crippen LogP contribution in [0.2, 0.25) is 0 Å². The molecule has 1 fully saturated rings. The minimum absolute atomic E-state index is 0.124. The molecule has 6 heteroatoms. The second-order valence-corrected chi connectivity index (χ2v) is 9.96. The van der Waals surface area contributed by atoms with E-state index in [1.54, 1.807) is 12.0 Å². The Bertz CT molecular complexity index is 1270. The second-order valence-electron chi connectivity index (χ2n) is 8.93. The predicted molar refractivity (Wildman–Crippen MR) is 135 cm³/mol. The first kappa shape index (κ1) is 23.8. The number of rotatable bonds is 6. The topological polar surface area (TPSA) is 66.8 Å².